The Morgan fingerprint density at radius 2 is 1.96 bits per heavy atom. The Kier molecular flexibility index (Phi) is 6.62. The predicted octanol–water partition coefficient (Wildman–Crippen LogP) is 3.69. The van der Waals surface area contributed by atoms with Crippen molar-refractivity contribution in [2.45, 2.75) is 64.4 Å². The van der Waals surface area contributed by atoms with E-state index in [0.29, 0.717) is 32.5 Å². The summed E-state index contributed by atoms with van der Waals surface area (Å²) in [6, 6.07) is 3.98. The molecule has 0 aliphatic carbocycles. The molecule has 0 bridgehead atoms. The molecule has 6 nitrogen and oxygen atoms in total. The first-order chi connectivity index (χ1) is 12.3. The molecule has 1 fully saturated rings. The summed E-state index contributed by atoms with van der Waals surface area (Å²) < 4.78 is 10.6. The third-order valence-corrected chi connectivity index (χ3v) is 4.76. The molecule has 1 aliphatic heterocycles. The molecule has 144 valence electrons. The van der Waals surface area contributed by atoms with Gasteiger partial charge in [0.2, 0.25) is 0 Å². The maximum atomic E-state index is 12.3. The van der Waals surface area contributed by atoms with Crippen molar-refractivity contribution in [1.82, 2.24) is 9.88 Å². The van der Waals surface area contributed by atoms with E-state index in [1.54, 1.807) is 11.1 Å². The van der Waals surface area contributed by atoms with Crippen LogP contribution in [0.1, 0.15) is 58.9 Å². The minimum absolute atomic E-state index is 0.167. The summed E-state index contributed by atoms with van der Waals surface area (Å²) in [4.78, 5) is 30.2. The number of ether oxygens (including phenoxy) is 2. The van der Waals surface area contributed by atoms with Gasteiger partial charge in [-0.2, -0.15) is 0 Å². The van der Waals surface area contributed by atoms with Crippen molar-refractivity contribution in [3.63, 3.8) is 0 Å². The summed E-state index contributed by atoms with van der Waals surface area (Å²) in [6.07, 6.45) is 5.96. The van der Waals surface area contributed by atoms with E-state index in [2.05, 4.69) is 11.1 Å². The standard InChI is InChI=1S/C20H30N2O4/c1-5-25-17(23)8-9-20(16-7-6-12-21-15-16)10-13-22(14-11-20)18(24)26-19(2,3)4/h6-7,12,15H,5,8-11,13-14H2,1-4H3. The van der Waals surface area contributed by atoms with Crippen molar-refractivity contribution in [1.29, 1.82) is 0 Å². The van der Waals surface area contributed by atoms with Gasteiger partial charge in [0.05, 0.1) is 6.61 Å². The summed E-state index contributed by atoms with van der Waals surface area (Å²) in [5, 5.41) is 0. The largest absolute Gasteiger partial charge is 0.466 e. The Morgan fingerprint density at radius 3 is 2.50 bits per heavy atom. The van der Waals surface area contributed by atoms with E-state index >= 15 is 0 Å². The van der Waals surface area contributed by atoms with Gasteiger partial charge in [-0.05, 0) is 58.6 Å². The molecule has 0 unspecified atom stereocenters. The van der Waals surface area contributed by atoms with Crippen molar-refractivity contribution < 1.29 is 19.1 Å². The van der Waals surface area contributed by atoms with Crippen LogP contribution in [0.4, 0.5) is 4.79 Å². The molecular weight excluding hydrogens is 332 g/mol. The fraction of sp³-hybridized carbons (Fsp3) is 0.650. The van der Waals surface area contributed by atoms with Gasteiger partial charge >= 0.3 is 12.1 Å². The molecule has 0 aromatic carbocycles. The van der Waals surface area contributed by atoms with Crippen LogP contribution < -0.4 is 0 Å². The lowest BCUT2D eigenvalue weighted by Gasteiger charge is -2.42. The monoisotopic (exact) mass is 362 g/mol. The van der Waals surface area contributed by atoms with Crippen molar-refractivity contribution in [2.24, 2.45) is 0 Å². The van der Waals surface area contributed by atoms with Gasteiger partial charge in [0, 0.05) is 37.3 Å². The number of amides is 1. The van der Waals surface area contributed by atoms with E-state index in [-0.39, 0.29) is 17.5 Å². The number of carbonyl (C=O) groups is 2. The average molecular weight is 362 g/mol. The van der Waals surface area contributed by atoms with Crippen molar-refractivity contribution in [3.05, 3.63) is 30.1 Å². The predicted molar refractivity (Wildman–Crippen MR) is 98.8 cm³/mol. The van der Waals surface area contributed by atoms with Crippen molar-refractivity contribution in [2.75, 3.05) is 19.7 Å². The van der Waals surface area contributed by atoms with E-state index < -0.39 is 5.60 Å². The topological polar surface area (TPSA) is 68.7 Å². The molecule has 2 heterocycles. The lowest BCUT2D eigenvalue weighted by atomic mass is 9.70. The average Bonchev–Trinajstić information content (AvgIpc) is 2.60. The SMILES string of the molecule is CCOC(=O)CCC1(c2cccnc2)CCN(C(=O)OC(C)(C)C)CC1. The second kappa shape index (κ2) is 8.52. The fourth-order valence-electron chi connectivity index (χ4n) is 3.38. The minimum Gasteiger partial charge on any atom is -0.466 e. The van der Waals surface area contributed by atoms with Crippen LogP contribution in [0.2, 0.25) is 0 Å². The number of likely N-dealkylation sites (tertiary alicyclic amines) is 1. The number of nitrogens with zero attached hydrogens (tertiary/aromatic N) is 2. The molecule has 0 spiro atoms. The van der Waals surface area contributed by atoms with E-state index in [0.717, 1.165) is 18.4 Å². The first-order valence-electron chi connectivity index (χ1n) is 9.30. The zero-order valence-electron chi connectivity index (χ0n) is 16.3. The highest BCUT2D eigenvalue weighted by Gasteiger charge is 2.38. The van der Waals surface area contributed by atoms with Gasteiger partial charge in [-0.1, -0.05) is 6.07 Å². The van der Waals surface area contributed by atoms with Crippen LogP contribution in [-0.4, -0.2) is 47.2 Å². The zero-order chi connectivity index (χ0) is 19.2. The Balaban J connectivity index is 2.08. The highest BCUT2D eigenvalue weighted by atomic mass is 16.6. The molecule has 0 saturated carbocycles. The highest BCUT2D eigenvalue weighted by molar-refractivity contribution is 5.70. The van der Waals surface area contributed by atoms with Gasteiger partial charge in [-0.15, -0.1) is 0 Å². The number of carbonyl (C=O) groups excluding carboxylic acids is 2. The number of hydrogen-bond acceptors (Lipinski definition) is 5. The lowest BCUT2D eigenvalue weighted by Crippen LogP contribution is -2.47. The van der Waals surface area contributed by atoms with Crippen LogP contribution in [-0.2, 0) is 19.7 Å². The lowest BCUT2D eigenvalue weighted by molar-refractivity contribution is -0.143. The number of rotatable bonds is 5. The zero-order valence-corrected chi connectivity index (χ0v) is 16.3. The Morgan fingerprint density at radius 1 is 1.27 bits per heavy atom. The molecule has 0 radical (unpaired) electrons. The number of aromatic nitrogens is 1. The van der Waals surface area contributed by atoms with Gasteiger partial charge in [-0.3, -0.25) is 9.78 Å². The number of hydrogen-bond donors (Lipinski definition) is 0. The van der Waals surface area contributed by atoms with Crippen LogP contribution in [0.15, 0.2) is 24.5 Å². The molecule has 0 atom stereocenters. The minimum atomic E-state index is -0.501. The van der Waals surface area contributed by atoms with E-state index in [9.17, 15) is 9.59 Å². The summed E-state index contributed by atoms with van der Waals surface area (Å²) >= 11 is 0. The first kappa shape index (κ1) is 20.2. The molecular formula is C20H30N2O4. The smallest absolute Gasteiger partial charge is 0.410 e. The van der Waals surface area contributed by atoms with Gasteiger partial charge in [0.1, 0.15) is 5.60 Å². The van der Waals surface area contributed by atoms with Crippen LogP contribution in [0.5, 0.6) is 0 Å². The second-order valence-electron chi connectivity index (χ2n) is 7.79. The molecule has 1 amide bonds. The van der Waals surface area contributed by atoms with E-state index in [1.165, 1.54) is 0 Å². The van der Waals surface area contributed by atoms with Gasteiger partial charge in [-0.25, -0.2) is 4.79 Å². The normalized spacial score (nSPS) is 16.8. The Labute approximate surface area is 155 Å². The summed E-state index contributed by atoms with van der Waals surface area (Å²) in [6.45, 7) is 9.02. The quantitative estimate of drug-likeness (QED) is 0.747. The van der Waals surface area contributed by atoms with E-state index in [1.807, 2.05) is 40.0 Å². The van der Waals surface area contributed by atoms with Crippen LogP contribution in [0.25, 0.3) is 0 Å². The van der Waals surface area contributed by atoms with Gasteiger partial charge in [0.15, 0.2) is 0 Å². The van der Waals surface area contributed by atoms with Gasteiger partial charge < -0.3 is 14.4 Å². The van der Waals surface area contributed by atoms with Crippen molar-refractivity contribution >= 4 is 12.1 Å². The Bertz CT molecular complexity index is 602. The molecule has 1 aromatic heterocycles. The fourth-order valence-corrected chi connectivity index (χ4v) is 3.38. The van der Waals surface area contributed by atoms with Crippen molar-refractivity contribution in [3.8, 4) is 0 Å². The highest BCUT2D eigenvalue weighted by Crippen LogP contribution is 2.39. The third-order valence-electron chi connectivity index (χ3n) is 4.76. The second-order valence-corrected chi connectivity index (χ2v) is 7.79. The summed E-state index contributed by atoms with van der Waals surface area (Å²) in [7, 11) is 0. The number of pyridine rings is 1. The first-order valence-corrected chi connectivity index (χ1v) is 9.30. The van der Waals surface area contributed by atoms with Crippen LogP contribution in [0, 0.1) is 0 Å². The third kappa shape index (κ3) is 5.44. The maximum absolute atomic E-state index is 12.3. The molecule has 1 aliphatic rings. The van der Waals surface area contributed by atoms with Crippen LogP contribution in [0.3, 0.4) is 0 Å². The molecule has 1 aromatic rings. The number of piperidine rings is 1. The molecule has 0 N–H and O–H groups in total. The molecule has 1 saturated heterocycles. The molecule has 2 rings (SSSR count). The maximum Gasteiger partial charge on any atom is 0.410 e. The van der Waals surface area contributed by atoms with E-state index in [4.69, 9.17) is 9.47 Å². The van der Waals surface area contributed by atoms with Gasteiger partial charge in [0.25, 0.3) is 0 Å². The summed E-state index contributed by atoms with van der Waals surface area (Å²) in [5.74, 6) is -0.176. The number of esters is 1. The summed E-state index contributed by atoms with van der Waals surface area (Å²) in [5.41, 5.74) is 0.450. The van der Waals surface area contributed by atoms with Crippen LogP contribution >= 0.6 is 0 Å². The molecule has 6 heteroatoms. The molecule has 26 heavy (non-hydrogen) atoms. The Hall–Kier alpha value is -2.11.